The Bertz CT molecular complexity index is 584. The molecule has 1 heterocycles. The van der Waals surface area contributed by atoms with Crippen LogP contribution in [0.2, 0.25) is 0 Å². The summed E-state index contributed by atoms with van der Waals surface area (Å²) in [6.45, 7) is 4.95. The van der Waals surface area contributed by atoms with Crippen LogP contribution in [0.25, 0.3) is 0 Å². The van der Waals surface area contributed by atoms with Gasteiger partial charge in [0, 0.05) is 12.1 Å². The van der Waals surface area contributed by atoms with Crippen molar-refractivity contribution in [2.45, 2.75) is 25.8 Å². The monoisotopic (exact) mass is 319 g/mol. The van der Waals surface area contributed by atoms with Gasteiger partial charge in [0.1, 0.15) is 12.3 Å². The van der Waals surface area contributed by atoms with Gasteiger partial charge in [-0.3, -0.25) is 14.5 Å². The molecular formula is C17H25N3O3. The number of para-hydroxylation sites is 2. The highest BCUT2D eigenvalue weighted by Crippen LogP contribution is 2.30. The molecule has 1 N–H and O–H groups in total. The van der Waals surface area contributed by atoms with Crippen LogP contribution in [0.1, 0.15) is 20.3 Å². The lowest BCUT2D eigenvalue weighted by molar-refractivity contribution is -0.124. The average Bonchev–Trinajstić information content (AvgIpc) is 2.65. The lowest BCUT2D eigenvalue weighted by Gasteiger charge is -2.33. The number of rotatable bonds is 5. The molecule has 1 aliphatic rings. The molecule has 0 saturated heterocycles. The first-order valence-corrected chi connectivity index (χ1v) is 7.77. The van der Waals surface area contributed by atoms with E-state index in [2.05, 4.69) is 5.32 Å². The minimum atomic E-state index is -0.176. The van der Waals surface area contributed by atoms with E-state index < -0.39 is 0 Å². The highest BCUT2D eigenvalue weighted by molar-refractivity contribution is 6.00. The molecule has 0 unspecified atom stereocenters. The highest BCUT2D eigenvalue weighted by Gasteiger charge is 2.26. The van der Waals surface area contributed by atoms with Crippen LogP contribution in [0.15, 0.2) is 24.3 Å². The summed E-state index contributed by atoms with van der Waals surface area (Å²) in [5, 5.41) is 2.91. The van der Waals surface area contributed by atoms with Crippen molar-refractivity contribution in [3.63, 3.8) is 0 Å². The highest BCUT2D eigenvalue weighted by atomic mass is 16.5. The normalized spacial score (nSPS) is 15.0. The van der Waals surface area contributed by atoms with E-state index in [1.54, 1.807) is 6.07 Å². The first kappa shape index (κ1) is 17.3. The van der Waals surface area contributed by atoms with Crippen LogP contribution >= 0.6 is 0 Å². The maximum Gasteiger partial charge on any atom is 0.240 e. The molecule has 1 aromatic carbocycles. The van der Waals surface area contributed by atoms with Crippen LogP contribution in [0.5, 0.6) is 5.75 Å². The number of hydrogen-bond donors (Lipinski definition) is 1. The van der Waals surface area contributed by atoms with Crippen molar-refractivity contribution < 1.29 is 14.3 Å². The van der Waals surface area contributed by atoms with Crippen molar-refractivity contribution >= 4 is 17.5 Å². The van der Waals surface area contributed by atoms with Crippen LogP contribution in [-0.4, -0.2) is 56.0 Å². The standard InChI is InChI=1S/C17H25N3O3/c1-17(2,19(3)4)12-18-15(21)11-20-13-7-5-6-8-14(13)23-10-9-16(20)22/h5-8H,9-12H2,1-4H3,(H,18,21). The number of nitrogens with one attached hydrogen (secondary N) is 1. The van der Waals surface area contributed by atoms with E-state index in [1.165, 1.54) is 4.90 Å². The number of anilines is 1. The molecule has 6 heteroatoms. The first-order valence-electron chi connectivity index (χ1n) is 7.77. The fraction of sp³-hybridized carbons (Fsp3) is 0.529. The average molecular weight is 319 g/mol. The van der Waals surface area contributed by atoms with Crippen LogP contribution in [0.3, 0.4) is 0 Å². The Morgan fingerprint density at radius 2 is 2.04 bits per heavy atom. The molecule has 2 rings (SSSR count). The van der Waals surface area contributed by atoms with E-state index in [1.807, 2.05) is 51.0 Å². The van der Waals surface area contributed by atoms with Crippen molar-refractivity contribution in [3.05, 3.63) is 24.3 Å². The predicted octanol–water partition coefficient (Wildman–Crippen LogP) is 1.26. The van der Waals surface area contributed by atoms with Gasteiger partial charge in [-0.15, -0.1) is 0 Å². The number of carbonyl (C=O) groups is 2. The number of fused-ring (bicyclic) bond motifs is 1. The van der Waals surface area contributed by atoms with Gasteiger partial charge in [-0.05, 0) is 40.1 Å². The van der Waals surface area contributed by atoms with Crippen molar-refractivity contribution in [2.75, 3.05) is 38.7 Å². The summed E-state index contributed by atoms with van der Waals surface area (Å²) in [6.07, 6.45) is 0.269. The van der Waals surface area contributed by atoms with Gasteiger partial charge in [0.05, 0.1) is 18.7 Å². The van der Waals surface area contributed by atoms with Gasteiger partial charge in [0.25, 0.3) is 0 Å². The third-order valence-electron chi connectivity index (χ3n) is 4.26. The minimum Gasteiger partial charge on any atom is -0.491 e. The molecule has 0 spiro atoms. The van der Waals surface area contributed by atoms with Crippen molar-refractivity contribution in [1.82, 2.24) is 10.2 Å². The lowest BCUT2D eigenvalue weighted by atomic mass is 10.0. The Hall–Kier alpha value is -2.08. The zero-order valence-electron chi connectivity index (χ0n) is 14.3. The Labute approximate surface area is 137 Å². The molecular weight excluding hydrogens is 294 g/mol. The Kier molecular flexibility index (Phi) is 5.26. The topological polar surface area (TPSA) is 61.9 Å². The van der Waals surface area contributed by atoms with E-state index in [4.69, 9.17) is 4.74 Å². The summed E-state index contributed by atoms with van der Waals surface area (Å²) in [7, 11) is 3.94. The summed E-state index contributed by atoms with van der Waals surface area (Å²) >= 11 is 0. The molecule has 0 aliphatic carbocycles. The number of benzene rings is 1. The Balaban J connectivity index is 2.06. The zero-order valence-corrected chi connectivity index (χ0v) is 14.3. The first-order chi connectivity index (χ1) is 10.8. The summed E-state index contributed by atoms with van der Waals surface area (Å²) < 4.78 is 5.58. The second-order valence-corrected chi connectivity index (χ2v) is 6.53. The van der Waals surface area contributed by atoms with E-state index in [9.17, 15) is 9.59 Å². The second kappa shape index (κ2) is 7.00. The molecule has 1 aromatic rings. The summed E-state index contributed by atoms with van der Waals surface area (Å²) in [5.41, 5.74) is 0.497. The van der Waals surface area contributed by atoms with Crippen LogP contribution in [0, 0.1) is 0 Å². The van der Waals surface area contributed by atoms with Crippen molar-refractivity contribution in [3.8, 4) is 5.75 Å². The quantitative estimate of drug-likeness (QED) is 0.887. The van der Waals surface area contributed by atoms with Gasteiger partial charge in [-0.1, -0.05) is 12.1 Å². The lowest BCUT2D eigenvalue weighted by Crippen LogP contribution is -2.50. The summed E-state index contributed by atoms with van der Waals surface area (Å²) in [6, 6.07) is 7.30. The van der Waals surface area contributed by atoms with E-state index in [0.717, 1.165) is 0 Å². The second-order valence-electron chi connectivity index (χ2n) is 6.53. The minimum absolute atomic E-state index is 0.00269. The number of hydrogen-bond acceptors (Lipinski definition) is 4. The SMILES string of the molecule is CN(C)C(C)(C)CNC(=O)CN1C(=O)CCOc2ccccc21. The summed E-state index contributed by atoms with van der Waals surface area (Å²) in [5.74, 6) is 0.363. The maximum atomic E-state index is 12.3. The molecule has 2 amide bonds. The Morgan fingerprint density at radius 1 is 1.35 bits per heavy atom. The van der Waals surface area contributed by atoms with Crippen LogP contribution < -0.4 is 15.0 Å². The van der Waals surface area contributed by atoms with Gasteiger partial charge in [-0.2, -0.15) is 0 Å². The molecule has 1 aliphatic heterocycles. The predicted molar refractivity (Wildman–Crippen MR) is 89.7 cm³/mol. The smallest absolute Gasteiger partial charge is 0.240 e. The third-order valence-corrected chi connectivity index (χ3v) is 4.26. The molecule has 126 valence electrons. The number of nitrogens with zero attached hydrogens (tertiary/aromatic N) is 2. The maximum absolute atomic E-state index is 12.3. The molecule has 6 nitrogen and oxygen atoms in total. The van der Waals surface area contributed by atoms with E-state index in [0.29, 0.717) is 24.6 Å². The molecule has 0 aromatic heterocycles. The van der Waals surface area contributed by atoms with Gasteiger partial charge in [0.15, 0.2) is 0 Å². The molecule has 23 heavy (non-hydrogen) atoms. The number of ether oxygens (including phenoxy) is 1. The third kappa shape index (κ3) is 4.22. The Morgan fingerprint density at radius 3 is 2.74 bits per heavy atom. The summed E-state index contributed by atoms with van der Waals surface area (Å²) in [4.78, 5) is 28.1. The van der Waals surface area contributed by atoms with Crippen molar-refractivity contribution in [1.29, 1.82) is 0 Å². The number of amides is 2. The zero-order chi connectivity index (χ0) is 17.0. The van der Waals surface area contributed by atoms with Gasteiger partial charge < -0.3 is 15.0 Å². The van der Waals surface area contributed by atoms with Gasteiger partial charge >= 0.3 is 0 Å². The van der Waals surface area contributed by atoms with E-state index >= 15 is 0 Å². The molecule has 0 bridgehead atoms. The van der Waals surface area contributed by atoms with Gasteiger partial charge in [0.2, 0.25) is 11.8 Å². The number of carbonyl (C=O) groups excluding carboxylic acids is 2. The number of likely N-dealkylation sites (N-methyl/N-ethyl adjacent to an activating group) is 1. The van der Waals surface area contributed by atoms with Crippen LogP contribution in [0.4, 0.5) is 5.69 Å². The molecule has 0 atom stereocenters. The molecule has 0 saturated carbocycles. The fourth-order valence-electron chi connectivity index (χ4n) is 2.17. The largest absolute Gasteiger partial charge is 0.491 e. The van der Waals surface area contributed by atoms with Gasteiger partial charge in [-0.25, -0.2) is 0 Å². The molecule has 0 fully saturated rings. The van der Waals surface area contributed by atoms with Crippen LogP contribution in [-0.2, 0) is 9.59 Å². The molecule has 0 radical (unpaired) electrons. The fourth-order valence-corrected chi connectivity index (χ4v) is 2.17. The van der Waals surface area contributed by atoms with E-state index in [-0.39, 0.29) is 30.3 Å². The van der Waals surface area contributed by atoms with Crippen molar-refractivity contribution in [2.24, 2.45) is 0 Å².